The lowest BCUT2D eigenvalue weighted by Crippen LogP contribution is -2.73. The van der Waals surface area contributed by atoms with Gasteiger partial charge in [0, 0.05) is 42.2 Å². The number of carbonyl (C=O) groups is 2. The first-order valence-electron chi connectivity index (χ1n) is 15.7. The van der Waals surface area contributed by atoms with Crippen LogP contribution in [0.1, 0.15) is 75.2 Å². The Labute approximate surface area is 249 Å². The summed E-state index contributed by atoms with van der Waals surface area (Å²) in [5.74, 6) is 1.39. The fraction of sp³-hybridized carbons (Fsp3) is 0.500. The molecule has 42 heavy (non-hydrogen) atoms. The second-order valence-electron chi connectivity index (χ2n) is 13.9. The molecule has 0 spiro atoms. The highest BCUT2D eigenvalue weighted by molar-refractivity contribution is 5.98. The number of aliphatic hydroxyl groups is 1. The lowest BCUT2D eigenvalue weighted by molar-refractivity contribution is -0.945. The Kier molecular flexibility index (Phi) is 7.65. The number of likely N-dealkylation sites (tertiary alicyclic amines) is 1. The molecular weight excluding hydrogens is 524 g/mol. The normalized spacial score (nSPS) is 29.2. The van der Waals surface area contributed by atoms with Crippen molar-refractivity contribution < 1.29 is 23.9 Å². The third-order valence-corrected chi connectivity index (χ3v) is 10.1. The molecule has 3 fully saturated rings. The highest BCUT2D eigenvalue weighted by Crippen LogP contribution is 2.54. The average Bonchev–Trinajstić information content (AvgIpc) is 3.76. The molecule has 0 bridgehead atoms. The number of carbonyl (C=O) groups excluding carboxylic acids is 2. The van der Waals surface area contributed by atoms with Gasteiger partial charge in [-0.15, -0.1) is 0 Å². The van der Waals surface area contributed by atoms with E-state index >= 15 is 0 Å². The number of fused-ring (bicyclic) bond motifs is 2. The topological polar surface area (TPSA) is 75.6 Å². The zero-order chi connectivity index (χ0) is 29.5. The van der Waals surface area contributed by atoms with Crippen molar-refractivity contribution in [2.75, 3.05) is 26.2 Å². The fourth-order valence-electron chi connectivity index (χ4n) is 8.28. The smallest absolute Gasteiger partial charge is 0.308 e. The van der Waals surface area contributed by atoms with Crippen LogP contribution in [0.3, 0.4) is 0 Å². The van der Waals surface area contributed by atoms with Crippen molar-refractivity contribution >= 4 is 22.6 Å². The van der Waals surface area contributed by atoms with Gasteiger partial charge in [-0.05, 0) is 72.7 Å². The number of benzene rings is 3. The van der Waals surface area contributed by atoms with Gasteiger partial charge in [-0.2, -0.15) is 0 Å². The number of quaternary nitrogens is 1. The first-order valence-corrected chi connectivity index (χ1v) is 15.7. The van der Waals surface area contributed by atoms with E-state index in [1.807, 2.05) is 48.5 Å². The number of nitrogens with one attached hydrogen (secondary N) is 1. The Morgan fingerprint density at radius 2 is 1.79 bits per heavy atom. The number of hydrogen-bond donors (Lipinski definition) is 2. The Morgan fingerprint density at radius 3 is 2.52 bits per heavy atom. The monoisotopic (exact) mass is 569 g/mol. The molecule has 3 aromatic carbocycles. The van der Waals surface area contributed by atoms with Gasteiger partial charge in [0.2, 0.25) is 0 Å². The van der Waals surface area contributed by atoms with Crippen molar-refractivity contribution in [3.05, 3.63) is 77.9 Å². The van der Waals surface area contributed by atoms with Gasteiger partial charge in [0.25, 0.3) is 5.91 Å². The molecule has 6 heteroatoms. The summed E-state index contributed by atoms with van der Waals surface area (Å²) in [6.07, 6.45) is 5.43. The summed E-state index contributed by atoms with van der Waals surface area (Å²) < 4.78 is 6.47. The zero-order valence-corrected chi connectivity index (χ0v) is 25.3. The SMILES string of the molecule is CC(=O)Oc1cccc([C@]23CC[N@+](CC(C)C)(CC4CC4)CC2(O)CC[C@@H](NC(=O)c2ccc4ccccc4c2)C3)c1. The third kappa shape index (κ3) is 5.71. The van der Waals surface area contributed by atoms with Gasteiger partial charge >= 0.3 is 5.97 Å². The first-order chi connectivity index (χ1) is 20.1. The van der Waals surface area contributed by atoms with E-state index in [4.69, 9.17) is 4.74 Å². The second-order valence-corrected chi connectivity index (χ2v) is 13.9. The number of rotatable bonds is 8. The minimum Gasteiger partial charge on any atom is -0.427 e. The molecule has 2 N–H and O–H groups in total. The molecule has 0 radical (unpaired) electrons. The van der Waals surface area contributed by atoms with Crippen LogP contribution in [0, 0.1) is 11.8 Å². The molecule has 6 nitrogen and oxygen atoms in total. The molecule has 3 aromatic rings. The van der Waals surface area contributed by atoms with E-state index in [0.717, 1.165) is 65.8 Å². The summed E-state index contributed by atoms with van der Waals surface area (Å²) in [4.78, 5) is 25.3. The Bertz CT molecular complexity index is 1480. The lowest BCUT2D eigenvalue weighted by atomic mass is 9.54. The van der Waals surface area contributed by atoms with Crippen LogP contribution < -0.4 is 10.1 Å². The van der Waals surface area contributed by atoms with E-state index in [-0.39, 0.29) is 17.9 Å². The average molecular weight is 570 g/mol. The van der Waals surface area contributed by atoms with Gasteiger partial charge in [-0.3, -0.25) is 9.59 Å². The minimum absolute atomic E-state index is 0.0739. The van der Waals surface area contributed by atoms with Gasteiger partial charge in [-0.25, -0.2) is 0 Å². The molecule has 2 saturated carbocycles. The molecule has 1 amide bonds. The van der Waals surface area contributed by atoms with E-state index < -0.39 is 11.0 Å². The largest absolute Gasteiger partial charge is 0.427 e. The molecule has 2 aliphatic carbocycles. The van der Waals surface area contributed by atoms with E-state index in [0.29, 0.717) is 30.1 Å². The molecule has 222 valence electrons. The molecule has 0 aromatic heterocycles. The summed E-state index contributed by atoms with van der Waals surface area (Å²) in [6.45, 7) is 9.94. The Balaban J connectivity index is 1.32. The zero-order valence-electron chi connectivity index (χ0n) is 25.3. The summed E-state index contributed by atoms with van der Waals surface area (Å²) in [5, 5.41) is 18.3. The van der Waals surface area contributed by atoms with E-state index in [9.17, 15) is 14.7 Å². The van der Waals surface area contributed by atoms with Crippen LogP contribution in [0.15, 0.2) is 66.7 Å². The number of esters is 1. The second kappa shape index (κ2) is 11.1. The number of amides is 1. The Hall–Kier alpha value is -3.22. The molecule has 4 atom stereocenters. The van der Waals surface area contributed by atoms with E-state index in [2.05, 4.69) is 31.3 Å². The van der Waals surface area contributed by atoms with Crippen LogP contribution in [0.4, 0.5) is 0 Å². The van der Waals surface area contributed by atoms with Crippen molar-refractivity contribution in [3.8, 4) is 5.75 Å². The standard InChI is InChI=1S/C36H44N2O4/c1-25(2)22-38(23-27-11-12-27)18-17-35(31-9-6-10-33(20-31)42-26(3)39)21-32(15-16-36(35,41)24-38)37-34(40)30-14-13-28-7-4-5-8-29(28)19-30/h4-10,13-14,19-20,25,27,32,41H,11-12,15-18,21-24H2,1-3H3/p+1/t32-,35-,36?,38+/m1/s1. The molecule has 1 aliphatic heterocycles. The van der Waals surface area contributed by atoms with Crippen molar-refractivity contribution in [3.63, 3.8) is 0 Å². The van der Waals surface area contributed by atoms with Crippen molar-refractivity contribution in [2.45, 2.75) is 76.4 Å². The number of ether oxygens (including phenoxy) is 1. The predicted molar refractivity (Wildman–Crippen MR) is 165 cm³/mol. The highest BCUT2D eigenvalue weighted by Gasteiger charge is 2.62. The van der Waals surface area contributed by atoms with Crippen LogP contribution in [0.2, 0.25) is 0 Å². The molecule has 3 aliphatic rings. The van der Waals surface area contributed by atoms with Gasteiger partial charge in [0.1, 0.15) is 17.9 Å². The first kappa shape index (κ1) is 28.9. The number of nitrogens with zero attached hydrogens (tertiary/aromatic N) is 1. The highest BCUT2D eigenvalue weighted by atomic mass is 16.5. The Morgan fingerprint density at radius 1 is 1.00 bits per heavy atom. The molecule has 6 rings (SSSR count). The van der Waals surface area contributed by atoms with Crippen molar-refractivity contribution in [1.29, 1.82) is 0 Å². The van der Waals surface area contributed by atoms with Crippen LogP contribution in [0.25, 0.3) is 10.8 Å². The van der Waals surface area contributed by atoms with Gasteiger partial charge in [0.15, 0.2) is 0 Å². The van der Waals surface area contributed by atoms with Crippen molar-refractivity contribution in [1.82, 2.24) is 5.32 Å². The summed E-state index contributed by atoms with van der Waals surface area (Å²) in [6, 6.07) is 21.6. The number of hydrogen-bond acceptors (Lipinski definition) is 4. The minimum atomic E-state index is -0.923. The van der Waals surface area contributed by atoms with Gasteiger partial charge in [-0.1, -0.05) is 56.3 Å². The molecule has 1 heterocycles. The quantitative estimate of drug-likeness (QED) is 0.198. The van der Waals surface area contributed by atoms with E-state index in [1.165, 1.54) is 19.8 Å². The third-order valence-electron chi connectivity index (χ3n) is 10.1. The fourth-order valence-corrected chi connectivity index (χ4v) is 8.28. The maximum absolute atomic E-state index is 13.5. The lowest BCUT2D eigenvalue weighted by Gasteiger charge is -2.61. The maximum Gasteiger partial charge on any atom is 0.308 e. The van der Waals surface area contributed by atoms with Gasteiger partial charge < -0.3 is 19.6 Å². The maximum atomic E-state index is 13.5. The summed E-state index contributed by atoms with van der Waals surface area (Å²) in [5.41, 5.74) is 0.183. The molecule has 1 unspecified atom stereocenters. The van der Waals surface area contributed by atoms with Crippen molar-refractivity contribution in [2.24, 2.45) is 11.8 Å². The number of piperidine rings is 1. The van der Waals surface area contributed by atoms with Crippen LogP contribution in [-0.2, 0) is 10.2 Å². The van der Waals surface area contributed by atoms with Crippen LogP contribution >= 0.6 is 0 Å². The summed E-state index contributed by atoms with van der Waals surface area (Å²) in [7, 11) is 0. The van der Waals surface area contributed by atoms with Crippen LogP contribution in [0.5, 0.6) is 5.75 Å². The van der Waals surface area contributed by atoms with Gasteiger partial charge in [0.05, 0.1) is 19.6 Å². The predicted octanol–water partition coefficient (Wildman–Crippen LogP) is 6.00. The molecule has 1 saturated heterocycles. The van der Waals surface area contributed by atoms with E-state index in [1.54, 1.807) is 6.07 Å². The van der Waals surface area contributed by atoms with Crippen LogP contribution in [-0.4, -0.2) is 59.3 Å². The molecular formula is C36H45N2O4+. The summed E-state index contributed by atoms with van der Waals surface area (Å²) >= 11 is 0.